The van der Waals surface area contributed by atoms with Gasteiger partial charge in [-0.15, -0.1) is 0 Å². The van der Waals surface area contributed by atoms with Crippen molar-refractivity contribution in [1.82, 2.24) is 24.9 Å². The first-order valence-electron chi connectivity index (χ1n) is 5.85. The van der Waals surface area contributed by atoms with Gasteiger partial charge in [0.25, 0.3) is 0 Å². The molecule has 19 heavy (non-hydrogen) atoms. The molecule has 0 amide bonds. The van der Waals surface area contributed by atoms with Crippen LogP contribution in [0.1, 0.15) is 22.8 Å². The first-order valence-corrected chi connectivity index (χ1v) is 5.85. The van der Waals surface area contributed by atoms with Gasteiger partial charge in [-0.2, -0.15) is 10.1 Å². The molecule has 98 valence electrons. The van der Waals surface area contributed by atoms with Gasteiger partial charge in [0.05, 0.1) is 12.1 Å². The Morgan fingerprint density at radius 3 is 2.79 bits per heavy atom. The van der Waals surface area contributed by atoms with Crippen molar-refractivity contribution in [2.24, 2.45) is 7.05 Å². The molecule has 0 aromatic carbocycles. The first-order chi connectivity index (χ1) is 9.15. The van der Waals surface area contributed by atoms with Crippen molar-refractivity contribution in [3.05, 3.63) is 35.5 Å². The van der Waals surface area contributed by atoms with Crippen molar-refractivity contribution in [2.45, 2.75) is 20.3 Å². The summed E-state index contributed by atoms with van der Waals surface area (Å²) < 4.78 is 12.0. The van der Waals surface area contributed by atoms with Gasteiger partial charge in [0.15, 0.2) is 6.39 Å². The summed E-state index contributed by atoms with van der Waals surface area (Å²) in [6.07, 6.45) is 3.38. The van der Waals surface area contributed by atoms with Crippen LogP contribution >= 0.6 is 0 Å². The second kappa shape index (κ2) is 4.34. The Kier molecular flexibility index (Phi) is 2.66. The van der Waals surface area contributed by atoms with Gasteiger partial charge < -0.3 is 8.94 Å². The van der Waals surface area contributed by atoms with Crippen LogP contribution in [0.3, 0.4) is 0 Å². The van der Waals surface area contributed by atoms with Crippen molar-refractivity contribution in [3.8, 4) is 11.5 Å². The Balaban J connectivity index is 1.88. The van der Waals surface area contributed by atoms with Crippen LogP contribution in [0.2, 0.25) is 0 Å². The predicted molar refractivity (Wildman–Crippen MR) is 65.3 cm³/mol. The van der Waals surface area contributed by atoms with Gasteiger partial charge in [-0.3, -0.25) is 4.68 Å². The van der Waals surface area contributed by atoms with Gasteiger partial charge in [0.1, 0.15) is 12.0 Å². The number of hydrogen-bond donors (Lipinski definition) is 0. The summed E-state index contributed by atoms with van der Waals surface area (Å²) in [5, 5.41) is 8.25. The third-order valence-corrected chi connectivity index (χ3v) is 3.12. The van der Waals surface area contributed by atoms with E-state index in [1.165, 1.54) is 12.7 Å². The summed E-state index contributed by atoms with van der Waals surface area (Å²) in [6, 6.07) is 0. The molecular weight excluding hydrogens is 246 g/mol. The van der Waals surface area contributed by atoms with E-state index in [4.69, 9.17) is 8.94 Å². The maximum atomic E-state index is 5.23. The fourth-order valence-electron chi connectivity index (χ4n) is 1.98. The number of aromatic nitrogens is 5. The molecule has 3 heterocycles. The minimum Gasteiger partial charge on any atom is -0.451 e. The molecule has 7 nitrogen and oxygen atoms in total. The lowest BCUT2D eigenvalue weighted by molar-refractivity contribution is 0.385. The molecule has 3 aromatic rings. The SMILES string of the molecule is Cc1nn(C)c(C)c1Cc1nc(-c2cocn2)no1. The minimum absolute atomic E-state index is 0.433. The molecular formula is C12H13N5O2. The highest BCUT2D eigenvalue weighted by atomic mass is 16.5. The average Bonchev–Trinajstić information content (AvgIpc) is 3.08. The highest BCUT2D eigenvalue weighted by molar-refractivity contribution is 5.45. The molecule has 0 aliphatic rings. The Hall–Kier alpha value is -2.44. The van der Waals surface area contributed by atoms with Crippen LogP contribution in [0, 0.1) is 13.8 Å². The van der Waals surface area contributed by atoms with Crippen LogP contribution in [0.4, 0.5) is 0 Å². The topological polar surface area (TPSA) is 82.8 Å². The number of hydrogen-bond acceptors (Lipinski definition) is 6. The van der Waals surface area contributed by atoms with E-state index in [0.29, 0.717) is 23.8 Å². The Morgan fingerprint density at radius 1 is 1.32 bits per heavy atom. The zero-order valence-electron chi connectivity index (χ0n) is 10.9. The quantitative estimate of drug-likeness (QED) is 0.711. The van der Waals surface area contributed by atoms with Crippen molar-refractivity contribution in [2.75, 3.05) is 0 Å². The molecule has 3 aromatic heterocycles. The average molecular weight is 259 g/mol. The monoisotopic (exact) mass is 259 g/mol. The standard InChI is InChI=1S/C12H13N5O2/c1-7-9(8(2)17(3)15-7)4-11-14-12(16-19-11)10-5-18-6-13-10/h5-6H,4H2,1-3H3. The summed E-state index contributed by atoms with van der Waals surface area (Å²) in [5.41, 5.74) is 3.74. The van der Waals surface area contributed by atoms with E-state index in [1.54, 1.807) is 0 Å². The zero-order chi connectivity index (χ0) is 13.4. The van der Waals surface area contributed by atoms with Gasteiger partial charge in [0, 0.05) is 18.3 Å². The first kappa shape index (κ1) is 11.6. The third kappa shape index (κ3) is 2.03. The highest BCUT2D eigenvalue weighted by Gasteiger charge is 2.15. The Labute approximate surface area is 109 Å². The van der Waals surface area contributed by atoms with E-state index in [2.05, 4.69) is 20.2 Å². The lowest BCUT2D eigenvalue weighted by Gasteiger charge is -1.97. The second-order valence-corrected chi connectivity index (χ2v) is 4.34. The van der Waals surface area contributed by atoms with Crippen molar-refractivity contribution in [3.63, 3.8) is 0 Å². The number of nitrogens with zero attached hydrogens (tertiary/aromatic N) is 5. The zero-order valence-corrected chi connectivity index (χ0v) is 10.9. The Morgan fingerprint density at radius 2 is 2.16 bits per heavy atom. The van der Waals surface area contributed by atoms with E-state index >= 15 is 0 Å². The largest absolute Gasteiger partial charge is 0.451 e. The molecule has 0 saturated heterocycles. The summed E-state index contributed by atoms with van der Waals surface area (Å²) in [6.45, 7) is 3.99. The number of oxazole rings is 1. The third-order valence-electron chi connectivity index (χ3n) is 3.12. The normalized spacial score (nSPS) is 11.1. The molecule has 0 fully saturated rings. The maximum absolute atomic E-state index is 5.23. The summed E-state index contributed by atoms with van der Waals surface area (Å²) in [5.74, 6) is 0.972. The summed E-state index contributed by atoms with van der Waals surface area (Å²) in [7, 11) is 1.92. The van der Waals surface area contributed by atoms with Crippen LogP contribution in [0.25, 0.3) is 11.5 Å². The minimum atomic E-state index is 0.433. The van der Waals surface area contributed by atoms with E-state index in [0.717, 1.165) is 17.0 Å². The summed E-state index contributed by atoms with van der Waals surface area (Å²) in [4.78, 5) is 8.28. The fraction of sp³-hybridized carbons (Fsp3) is 0.333. The molecule has 0 aliphatic carbocycles. The highest BCUT2D eigenvalue weighted by Crippen LogP contribution is 2.18. The van der Waals surface area contributed by atoms with E-state index in [1.807, 2.05) is 25.6 Å². The van der Waals surface area contributed by atoms with Crippen LogP contribution in [-0.4, -0.2) is 24.9 Å². The molecule has 0 spiro atoms. The lowest BCUT2D eigenvalue weighted by Crippen LogP contribution is -1.95. The van der Waals surface area contributed by atoms with Crippen LogP contribution in [-0.2, 0) is 13.5 Å². The molecule has 7 heteroatoms. The molecule has 3 rings (SSSR count). The van der Waals surface area contributed by atoms with Gasteiger partial charge >= 0.3 is 0 Å². The van der Waals surface area contributed by atoms with Crippen molar-refractivity contribution < 1.29 is 8.94 Å². The predicted octanol–water partition coefficient (Wildman–Crippen LogP) is 1.67. The van der Waals surface area contributed by atoms with Gasteiger partial charge in [-0.1, -0.05) is 5.16 Å². The molecule has 0 saturated carbocycles. The Bertz CT molecular complexity index is 696. The maximum Gasteiger partial charge on any atom is 0.231 e. The molecule has 0 radical (unpaired) electrons. The number of rotatable bonds is 3. The smallest absolute Gasteiger partial charge is 0.231 e. The molecule has 0 unspecified atom stereocenters. The fourth-order valence-corrected chi connectivity index (χ4v) is 1.98. The van der Waals surface area contributed by atoms with Crippen LogP contribution in [0.5, 0.6) is 0 Å². The van der Waals surface area contributed by atoms with Gasteiger partial charge in [-0.25, -0.2) is 4.98 Å². The van der Waals surface area contributed by atoms with Gasteiger partial charge in [0.2, 0.25) is 11.7 Å². The molecule has 0 N–H and O–H groups in total. The van der Waals surface area contributed by atoms with Crippen molar-refractivity contribution >= 4 is 0 Å². The lowest BCUT2D eigenvalue weighted by atomic mass is 10.1. The van der Waals surface area contributed by atoms with E-state index in [-0.39, 0.29) is 0 Å². The second-order valence-electron chi connectivity index (χ2n) is 4.34. The van der Waals surface area contributed by atoms with Crippen molar-refractivity contribution in [1.29, 1.82) is 0 Å². The van der Waals surface area contributed by atoms with Crippen LogP contribution < -0.4 is 0 Å². The van der Waals surface area contributed by atoms with E-state index < -0.39 is 0 Å². The molecule has 0 aliphatic heterocycles. The summed E-state index contributed by atoms with van der Waals surface area (Å²) >= 11 is 0. The molecule has 0 bridgehead atoms. The van der Waals surface area contributed by atoms with E-state index in [9.17, 15) is 0 Å². The molecule has 0 atom stereocenters. The van der Waals surface area contributed by atoms with Crippen LogP contribution in [0.15, 0.2) is 21.6 Å². The number of aryl methyl sites for hydroxylation is 2. The van der Waals surface area contributed by atoms with Gasteiger partial charge in [-0.05, 0) is 13.8 Å².